The van der Waals surface area contributed by atoms with E-state index in [1.165, 1.54) is 23.1 Å². The van der Waals surface area contributed by atoms with E-state index in [0.29, 0.717) is 0 Å². The summed E-state index contributed by atoms with van der Waals surface area (Å²) in [4.78, 5) is 35.4. The molecule has 2 amide bonds. The van der Waals surface area contributed by atoms with E-state index in [1.807, 2.05) is 0 Å². The van der Waals surface area contributed by atoms with Crippen molar-refractivity contribution in [2.45, 2.75) is 18.9 Å². The van der Waals surface area contributed by atoms with Crippen LogP contribution in [0.1, 0.15) is 24.4 Å². The Labute approximate surface area is 120 Å². The predicted molar refractivity (Wildman–Crippen MR) is 70.4 cm³/mol. The number of hydrogen-bond acceptors (Lipinski definition) is 3. The summed E-state index contributed by atoms with van der Waals surface area (Å²) in [5.41, 5.74) is 5.31. The normalized spacial score (nSPS) is 19.6. The van der Waals surface area contributed by atoms with Gasteiger partial charge in [0.05, 0.1) is 18.4 Å². The fourth-order valence-electron chi connectivity index (χ4n) is 2.52. The summed E-state index contributed by atoms with van der Waals surface area (Å²) in [7, 11) is 0. The van der Waals surface area contributed by atoms with Crippen molar-refractivity contribution in [3.8, 4) is 0 Å². The van der Waals surface area contributed by atoms with E-state index < -0.39 is 42.0 Å². The van der Waals surface area contributed by atoms with Crippen molar-refractivity contribution in [2.24, 2.45) is 11.7 Å². The lowest BCUT2D eigenvalue weighted by molar-refractivity contribution is -0.140. The molecule has 0 spiro atoms. The van der Waals surface area contributed by atoms with E-state index in [1.54, 1.807) is 6.07 Å². The molecule has 1 fully saturated rings. The Morgan fingerprint density at radius 1 is 1.43 bits per heavy atom. The topological polar surface area (TPSA) is 101 Å². The highest BCUT2D eigenvalue weighted by Crippen LogP contribution is 2.32. The Morgan fingerprint density at radius 3 is 2.62 bits per heavy atom. The first kappa shape index (κ1) is 15.0. The van der Waals surface area contributed by atoms with Gasteiger partial charge in [-0.1, -0.05) is 18.2 Å². The molecule has 2 unspecified atom stereocenters. The fourth-order valence-corrected chi connectivity index (χ4v) is 2.52. The van der Waals surface area contributed by atoms with Crippen LogP contribution in [0.25, 0.3) is 0 Å². The molecule has 0 aliphatic carbocycles. The summed E-state index contributed by atoms with van der Waals surface area (Å²) in [5.74, 6) is -3.42. The molecule has 1 heterocycles. The number of amides is 2. The Morgan fingerprint density at radius 2 is 2.10 bits per heavy atom. The first-order valence-electron chi connectivity index (χ1n) is 6.45. The van der Waals surface area contributed by atoms with Crippen molar-refractivity contribution < 1.29 is 23.9 Å². The Kier molecular flexibility index (Phi) is 4.21. The molecule has 1 saturated heterocycles. The largest absolute Gasteiger partial charge is 0.481 e. The number of carboxylic acids is 1. The molecule has 2 rings (SSSR count). The van der Waals surface area contributed by atoms with Crippen LogP contribution in [0.4, 0.5) is 4.39 Å². The van der Waals surface area contributed by atoms with Crippen LogP contribution in [-0.2, 0) is 14.4 Å². The third kappa shape index (κ3) is 3.18. The zero-order valence-electron chi connectivity index (χ0n) is 11.2. The smallest absolute Gasteiger partial charge is 0.305 e. The van der Waals surface area contributed by atoms with Crippen LogP contribution in [0.3, 0.4) is 0 Å². The van der Waals surface area contributed by atoms with Gasteiger partial charge in [-0.3, -0.25) is 14.4 Å². The van der Waals surface area contributed by atoms with Crippen molar-refractivity contribution in [1.82, 2.24) is 4.90 Å². The molecule has 1 aromatic carbocycles. The molecule has 0 radical (unpaired) electrons. The highest BCUT2D eigenvalue weighted by atomic mass is 19.1. The van der Waals surface area contributed by atoms with Gasteiger partial charge in [-0.05, 0) is 6.07 Å². The van der Waals surface area contributed by atoms with Crippen LogP contribution >= 0.6 is 0 Å². The third-order valence-electron chi connectivity index (χ3n) is 3.57. The monoisotopic (exact) mass is 294 g/mol. The summed E-state index contributed by atoms with van der Waals surface area (Å²) >= 11 is 0. The Bertz CT molecular complexity index is 590. The lowest BCUT2D eigenvalue weighted by Gasteiger charge is -2.27. The molecule has 21 heavy (non-hydrogen) atoms. The molecular formula is C14H15FN2O4. The number of benzene rings is 1. The first-order chi connectivity index (χ1) is 9.90. The highest BCUT2D eigenvalue weighted by Gasteiger charge is 2.39. The second kappa shape index (κ2) is 5.90. The lowest BCUT2D eigenvalue weighted by Crippen LogP contribution is -2.33. The maximum absolute atomic E-state index is 13.9. The van der Waals surface area contributed by atoms with Gasteiger partial charge in [0.15, 0.2) is 0 Å². The van der Waals surface area contributed by atoms with Crippen molar-refractivity contribution in [3.63, 3.8) is 0 Å². The van der Waals surface area contributed by atoms with E-state index in [9.17, 15) is 18.8 Å². The molecule has 112 valence electrons. The van der Waals surface area contributed by atoms with Crippen molar-refractivity contribution in [3.05, 3.63) is 35.6 Å². The molecule has 1 aromatic rings. The number of carboxylic acid groups (broad SMARTS) is 1. The van der Waals surface area contributed by atoms with E-state index in [0.717, 1.165) is 0 Å². The Balaban J connectivity index is 2.33. The number of carbonyl (C=O) groups is 3. The first-order valence-corrected chi connectivity index (χ1v) is 6.45. The number of aliphatic carboxylic acids is 1. The van der Waals surface area contributed by atoms with Crippen LogP contribution in [0.2, 0.25) is 0 Å². The van der Waals surface area contributed by atoms with Crippen molar-refractivity contribution in [2.75, 3.05) is 6.54 Å². The SMILES string of the molecule is NC(=O)C1CC(=O)N(C(CC(=O)O)c2ccccc2F)C1. The summed E-state index contributed by atoms with van der Waals surface area (Å²) < 4.78 is 13.9. The maximum Gasteiger partial charge on any atom is 0.305 e. The summed E-state index contributed by atoms with van der Waals surface area (Å²) in [6, 6.07) is 4.75. The average Bonchev–Trinajstić information content (AvgIpc) is 2.79. The summed E-state index contributed by atoms with van der Waals surface area (Å²) in [5, 5.41) is 9.01. The van der Waals surface area contributed by atoms with Gasteiger partial charge in [0, 0.05) is 18.5 Å². The van der Waals surface area contributed by atoms with Gasteiger partial charge in [0.1, 0.15) is 5.82 Å². The molecule has 3 N–H and O–H groups in total. The zero-order chi connectivity index (χ0) is 15.6. The molecule has 1 aliphatic rings. The van der Waals surface area contributed by atoms with Gasteiger partial charge in [0.2, 0.25) is 11.8 Å². The number of carbonyl (C=O) groups excluding carboxylic acids is 2. The third-order valence-corrected chi connectivity index (χ3v) is 3.57. The van der Waals surface area contributed by atoms with Gasteiger partial charge < -0.3 is 15.7 Å². The van der Waals surface area contributed by atoms with Gasteiger partial charge in [0.25, 0.3) is 0 Å². The molecule has 2 atom stereocenters. The minimum Gasteiger partial charge on any atom is -0.481 e. The van der Waals surface area contributed by atoms with Crippen LogP contribution in [-0.4, -0.2) is 34.3 Å². The number of rotatable bonds is 5. The van der Waals surface area contributed by atoms with Gasteiger partial charge >= 0.3 is 5.97 Å². The lowest BCUT2D eigenvalue weighted by atomic mass is 10.0. The number of hydrogen-bond donors (Lipinski definition) is 2. The van der Waals surface area contributed by atoms with Crippen LogP contribution in [0, 0.1) is 11.7 Å². The minimum absolute atomic E-state index is 0.0143. The number of halogens is 1. The van der Waals surface area contributed by atoms with Crippen LogP contribution in [0.5, 0.6) is 0 Å². The standard InChI is InChI=1S/C14H15FN2O4/c15-10-4-2-1-3-9(10)11(6-13(19)20)17-7-8(14(16)21)5-12(17)18/h1-4,8,11H,5-7H2,(H2,16,21)(H,19,20). The van der Waals surface area contributed by atoms with Crippen molar-refractivity contribution in [1.29, 1.82) is 0 Å². The zero-order valence-corrected chi connectivity index (χ0v) is 11.2. The second-order valence-corrected chi connectivity index (χ2v) is 4.98. The van der Waals surface area contributed by atoms with Gasteiger partial charge in [-0.15, -0.1) is 0 Å². The number of likely N-dealkylation sites (tertiary alicyclic amines) is 1. The fraction of sp³-hybridized carbons (Fsp3) is 0.357. The highest BCUT2D eigenvalue weighted by molar-refractivity contribution is 5.89. The molecular weight excluding hydrogens is 279 g/mol. The molecule has 1 aliphatic heterocycles. The van der Waals surface area contributed by atoms with Gasteiger partial charge in [-0.2, -0.15) is 0 Å². The summed E-state index contributed by atoms with van der Waals surface area (Å²) in [6.07, 6.45) is -0.502. The molecule has 0 saturated carbocycles. The van der Waals surface area contributed by atoms with Gasteiger partial charge in [-0.25, -0.2) is 4.39 Å². The quantitative estimate of drug-likeness (QED) is 0.833. The van der Waals surface area contributed by atoms with E-state index in [2.05, 4.69) is 0 Å². The molecule has 0 bridgehead atoms. The molecule has 0 aromatic heterocycles. The number of nitrogens with zero attached hydrogens (tertiary/aromatic N) is 1. The Hall–Kier alpha value is -2.44. The number of nitrogens with two attached hydrogens (primary N) is 1. The predicted octanol–water partition coefficient (Wildman–Crippen LogP) is 0.675. The number of primary amides is 1. The maximum atomic E-state index is 13.9. The van der Waals surface area contributed by atoms with E-state index in [4.69, 9.17) is 10.8 Å². The van der Waals surface area contributed by atoms with E-state index in [-0.39, 0.29) is 18.5 Å². The molecule has 7 heteroatoms. The summed E-state index contributed by atoms with van der Waals surface area (Å²) in [6.45, 7) is 0.0143. The van der Waals surface area contributed by atoms with Crippen LogP contribution < -0.4 is 5.73 Å². The van der Waals surface area contributed by atoms with Crippen molar-refractivity contribution >= 4 is 17.8 Å². The minimum atomic E-state index is -1.15. The van der Waals surface area contributed by atoms with Crippen LogP contribution in [0.15, 0.2) is 24.3 Å². The molecule has 6 nitrogen and oxygen atoms in total. The average molecular weight is 294 g/mol. The van der Waals surface area contributed by atoms with E-state index >= 15 is 0 Å². The second-order valence-electron chi connectivity index (χ2n) is 4.98.